The van der Waals surface area contributed by atoms with Crippen LogP contribution in [0.4, 0.5) is 0 Å². The topological polar surface area (TPSA) is 124 Å². The van der Waals surface area contributed by atoms with Crippen molar-refractivity contribution in [2.45, 2.75) is 20.8 Å². The predicted octanol–water partition coefficient (Wildman–Crippen LogP) is 5.23. The van der Waals surface area contributed by atoms with Gasteiger partial charge in [-0.05, 0) is 72.8 Å². The van der Waals surface area contributed by atoms with Crippen LogP contribution in [0.2, 0.25) is 0 Å². The Morgan fingerprint density at radius 3 is 0.895 bits per heavy atom. The van der Waals surface area contributed by atoms with Crippen LogP contribution in [0, 0.1) is 0 Å². The van der Waals surface area contributed by atoms with Gasteiger partial charge in [-0.3, -0.25) is 14.4 Å². The molecule has 0 atom stereocenters. The number of hydrogen-bond acceptors (Lipinski definition) is 10. The molecule has 10 nitrogen and oxygen atoms in total. The van der Waals surface area contributed by atoms with Crippen molar-refractivity contribution in [3.8, 4) is 34.5 Å². The molecule has 0 aromatic heterocycles. The van der Waals surface area contributed by atoms with Gasteiger partial charge in [0.2, 0.25) is 0 Å². The zero-order chi connectivity index (χ0) is 27.5. The van der Waals surface area contributed by atoms with Crippen LogP contribution in [0.1, 0.15) is 20.8 Å². The lowest BCUT2D eigenvalue weighted by Gasteiger charge is -2.20. The zero-order valence-corrected chi connectivity index (χ0v) is 22.0. The fraction of sp³-hybridized carbons (Fsp3) is 0.222. The van der Waals surface area contributed by atoms with Crippen LogP contribution in [-0.4, -0.2) is 37.0 Å². The highest BCUT2D eigenvalue weighted by molar-refractivity contribution is 7.63. The van der Waals surface area contributed by atoms with Crippen LogP contribution in [0.3, 0.4) is 0 Å². The Balaban J connectivity index is 1.67. The average Bonchev–Trinajstić information content (AvgIpc) is 2.87. The van der Waals surface area contributed by atoms with Gasteiger partial charge in [-0.15, -0.1) is 0 Å². The van der Waals surface area contributed by atoms with E-state index in [9.17, 15) is 18.9 Å². The van der Waals surface area contributed by atoms with Crippen molar-refractivity contribution >= 4 is 25.0 Å². The van der Waals surface area contributed by atoms with Crippen molar-refractivity contribution in [2.75, 3.05) is 19.0 Å². The van der Waals surface area contributed by atoms with Gasteiger partial charge in [0.1, 0.15) is 53.5 Å². The standard InChI is InChI=1S/C27H27O10P/c1-19(28)35-25-10-4-22(5-11-25)32-16-38(31,17-33-23-6-12-26(13-7-23)36-20(2)29)18-34-24-8-14-27(15-9-24)37-21(3)30/h4-15H,16-18H2,1-3H3. The maximum absolute atomic E-state index is 13.8. The van der Waals surface area contributed by atoms with Gasteiger partial charge in [0.05, 0.1) is 0 Å². The van der Waals surface area contributed by atoms with Crippen molar-refractivity contribution in [1.29, 1.82) is 0 Å². The van der Waals surface area contributed by atoms with E-state index in [2.05, 4.69) is 0 Å². The summed E-state index contributed by atoms with van der Waals surface area (Å²) in [5.74, 6) is 0.975. The third kappa shape index (κ3) is 9.63. The SMILES string of the molecule is CC(=O)Oc1ccc(OCP(=O)(COc2ccc(OC(C)=O)cc2)COc2ccc(OC(C)=O)cc2)cc1. The summed E-state index contributed by atoms with van der Waals surface area (Å²) in [6, 6.07) is 18.9. The minimum absolute atomic E-state index is 0.197. The monoisotopic (exact) mass is 542 g/mol. The van der Waals surface area contributed by atoms with E-state index in [1.54, 1.807) is 72.8 Å². The molecule has 0 heterocycles. The number of rotatable bonds is 12. The third-order valence-electron chi connectivity index (χ3n) is 4.66. The first kappa shape index (κ1) is 28.3. The van der Waals surface area contributed by atoms with E-state index in [0.717, 1.165) is 0 Å². The highest BCUT2D eigenvalue weighted by atomic mass is 31.2. The normalized spacial score (nSPS) is 10.7. The molecule has 0 unspecified atom stereocenters. The van der Waals surface area contributed by atoms with E-state index in [0.29, 0.717) is 34.5 Å². The van der Waals surface area contributed by atoms with E-state index < -0.39 is 25.0 Å². The predicted molar refractivity (Wildman–Crippen MR) is 137 cm³/mol. The van der Waals surface area contributed by atoms with E-state index in [4.69, 9.17) is 28.4 Å². The lowest BCUT2D eigenvalue weighted by Crippen LogP contribution is -2.13. The van der Waals surface area contributed by atoms with Crippen LogP contribution >= 0.6 is 7.14 Å². The Morgan fingerprint density at radius 2 is 0.684 bits per heavy atom. The second-order valence-corrected chi connectivity index (χ2v) is 11.0. The van der Waals surface area contributed by atoms with E-state index in [1.165, 1.54) is 20.8 Å². The highest BCUT2D eigenvalue weighted by Crippen LogP contribution is 2.46. The summed E-state index contributed by atoms with van der Waals surface area (Å²) >= 11 is 0. The number of carbonyl (C=O) groups excluding carboxylic acids is 3. The maximum atomic E-state index is 13.8. The van der Waals surface area contributed by atoms with Crippen molar-refractivity contribution in [3.05, 3.63) is 72.8 Å². The molecule has 0 N–H and O–H groups in total. The number of hydrogen-bond donors (Lipinski definition) is 0. The van der Waals surface area contributed by atoms with Crippen LogP contribution in [0.15, 0.2) is 72.8 Å². The molecule has 3 aromatic rings. The van der Waals surface area contributed by atoms with Crippen LogP contribution in [0.5, 0.6) is 34.5 Å². The Morgan fingerprint density at radius 1 is 0.474 bits per heavy atom. The molecule has 3 rings (SSSR count). The summed E-state index contributed by atoms with van der Waals surface area (Å²) in [4.78, 5) is 33.3. The molecule has 0 saturated heterocycles. The Kier molecular flexibility index (Phi) is 9.90. The number of ether oxygens (including phenoxy) is 6. The van der Waals surface area contributed by atoms with Crippen LogP contribution < -0.4 is 28.4 Å². The maximum Gasteiger partial charge on any atom is 0.308 e. The van der Waals surface area contributed by atoms with E-state index >= 15 is 0 Å². The largest absolute Gasteiger partial charge is 0.486 e. The molecule has 11 heteroatoms. The summed E-state index contributed by atoms with van der Waals surface area (Å²) in [5.41, 5.74) is 0. The molecule has 0 spiro atoms. The summed E-state index contributed by atoms with van der Waals surface area (Å²) in [6.07, 6.45) is -0.592. The van der Waals surface area contributed by atoms with E-state index in [1.807, 2.05) is 0 Å². The second-order valence-electron chi connectivity index (χ2n) is 8.07. The third-order valence-corrected chi connectivity index (χ3v) is 6.45. The molecule has 38 heavy (non-hydrogen) atoms. The van der Waals surface area contributed by atoms with Crippen LogP contribution in [-0.2, 0) is 18.9 Å². The summed E-state index contributed by atoms with van der Waals surface area (Å²) in [7, 11) is -3.24. The van der Waals surface area contributed by atoms with E-state index in [-0.39, 0.29) is 19.0 Å². The summed E-state index contributed by atoms with van der Waals surface area (Å²) in [5, 5.41) is 0. The smallest absolute Gasteiger partial charge is 0.308 e. The first-order valence-electron chi connectivity index (χ1n) is 11.4. The number of esters is 3. The highest BCUT2D eigenvalue weighted by Gasteiger charge is 2.26. The molecule has 0 bridgehead atoms. The minimum atomic E-state index is -3.24. The van der Waals surface area contributed by atoms with Gasteiger partial charge in [0.15, 0.2) is 7.14 Å². The van der Waals surface area contributed by atoms with Gasteiger partial charge in [0, 0.05) is 20.8 Å². The zero-order valence-electron chi connectivity index (χ0n) is 21.1. The summed E-state index contributed by atoms with van der Waals surface area (Å²) < 4.78 is 46.1. The molecule has 0 aliphatic heterocycles. The van der Waals surface area contributed by atoms with Gasteiger partial charge < -0.3 is 33.0 Å². The fourth-order valence-corrected chi connectivity index (χ4v) is 4.37. The second kappa shape index (κ2) is 13.3. The molecule has 200 valence electrons. The summed E-state index contributed by atoms with van der Waals surface area (Å²) in [6.45, 7) is 3.90. The molecule has 0 fully saturated rings. The van der Waals surface area contributed by atoms with Gasteiger partial charge >= 0.3 is 17.9 Å². The van der Waals surface area contributed by atoms with Crippen LogP contribution in [0.25, 0.3) is 0 Å². The molecular weight excluding hydrogens is 515 g/mol. The Hall–Kier alpha value is -4.30. The van der Waals surface area contributed by atoms with Gasteiger partial charge in [0.25, 0.3) is 0 Å². The van der Waals surface area contributed by atoms with Crippen molar-refractivity contribution in [3.63, 3.8) is 0 Å². The van der Waals surface area contributed by atoms with Gasteiger partial charge in [-0.25, -0.2) is 0 Å². The first-order valence-corrected chi connectivity index (χ1v) is 13.7. The average molecular weight is 542 g/mol. The molecule has 3 aromatic carbocycles. The van der Waals surface area contributed by atoms with Crippen molar-refractivity contribution < 1.29 is 47.4 Å². The Bertz CT molecular complexity index is 1120. The Labute approximate surface area is 219 Å². The molecule has 0 saturated carbocycles. The van der Waals surface area contributed by atoms with Gasteiger partial charge in [-0.1, -0.05) is 0 Å². The molecule has 0 aliphatic carbocycles. The lowest BCUT2D eigenvalue weighted by atomic mass is 10.3. The van der Waals surface area contributed by atoms with Gasteiger partial charge in [-0.2, -0.15) is 0 Å². The minimum Gasteiger partial charge on any atom is -0.486 e. The van der Waals surface area contributed by atoms with Crippen molar-refractivity contribution in [2.24, 2.45) is 0 Å². The molecule has 0 aliphatic rings. The fourth-order valence-electron chi connectivity index (χ4n) is 3.00. The number of carbonyl (C=O) groups is 3. The quantitative estimate of drug-likeness (QED) is 0.171. The lowest BCUT2D eigenvalue weighted by molar-refractivity contribution is -0.132. The molecule has 0 amide bonds. The van der Waals surface area contributed by atoms with Crippen molar-refractivity contribution in [1.82, 2.24) is 0 Å². The molecular formula is C27H27O10P. The number of benzene rings is 3. The first-order chi connectivity index (χ1) is 18.1. The molecule has 0 radical (unpaired) electrons.